The Morgan fingerprint density at radius 2 is 2.11 bits per heavy atom. The second-order valence-corrected chi connectivity index (χ2v) is 4.62. The number of benzene rings is 1. The van der Waals surface area contributed by atoms with E-state index in [1.165, 1.54) is 6.07 Å². The Kier molecular flexibility index (Phi) is 5.11. The van der Waals surface area contributed by atoms with Crippen LogP contribution in [0, 0.1) is 12.7 Å². The maximum atomic E-state index is 13.3. The van der Waals surface area contributed by atoms with E-state index < -0.39 is 0 Å². The lowest BCUT2D eigenvalue weighted by molar-refractivity contribution is -0.117. The van der Waals surface area contributed by atoms with Gasteiger partial charge < -0.3 is 10.6 Å². The van der Waals surface area contributed by atoms with Gasteiger partial charge in [0.05, 0.1) is 6.04 Å². The van der Waals surface area contributed by atoms with E-state index in [-0.39, 0.29) is 30.2 Å². The van der Waals surface area contributed by atoms with Gasteiger partial charge in [0.2, 0.25) is 5.91 Å². The summed E-state index contributed by atoms with van der Waals surface area (Å²) >= 11 is 0. The van der Waals surface area contributed by atoms with Gasteiger partial charge in [-0.25, -0.2) is 4.39 Å². The van der Waals surface area contributed by atoms with Crippen molar-refractivity contribution in [3.8, 4) is 0 Å². The Balaban J connectivity index is 0.00000162. The maximum absolute atomic E-state index is 13.3. The van der Waals surface area contributed by atoms with Gasteiger partial charge >= 0.3 is 0 Å². The van der Waals surface area contributed by atoms with Crippen molar-refractivity contribution in [3.05, 3.63) is 29.6 Å². The lowest BCUT2D eigenvalue weighted by Gasteiger charge is -2.13. The first-order chi connectivity index (χ1) is 8.06. The SMILES string of the molecule is Cc1ccc(NC(=O)C(C)NC2CC2)cc1F.Cl. The molecule has 1 aromatic carbocycles. The summed E-state index contributed by atoms with van der Waals surface area (Å²) in [6.45, 7) is 3.51. The van der Waals surface area contributed by atoms with Crippen LogP contribution in [0.4, 0.5) is 10.1 Å². The molecule has 0 bridgehead atoms. The fraction of sp³-hybridized carbons (Fsp3) is 0.462. The van der Waals surface area contributed by atoms with Gasteiger partial charge in [-0.05, 0) is 44.4 Å². The van der Waals surface area contributed by atoms with Gasteiger partial charge in [0.25, 0.3) is 0 Å². The Morgan fingerprint density at radius 3 is 2.67 bits per heavy atom. The third kappa shape index (κ3) is 3.96. The number of carbonyl (C=O) groups is 1. The van der Waals surface area contributed by atoms with Gasteiger partial charge in [-0.15, -0.1) is 12.4 Å². The molecular formula is C13H18ClFN2O. The second kappa shape index (κ2) is 6.16. The largest absolute Gasteiger partial charge is 0.325 e. The molecule has 5 heteroatoms. The van der Waals surface area contributed by atoms with E-state index in [9.17, 15) is 9.18 Å². The van der Waals surface area contributed by atoms with Crippen LogP contribution in [0.2, 0.25) is 0 Å². The third-order valence-electron chi connectivity index (χ3n) is 2.90. The molecule has 1 amide bonds. The number of rotatable bonds is 4. The van der Waals surface area contributed by atoms with Crippen LogP contribution in [-0.2, 0) is 4.79 Å². The Labute approximate surface area is 113 Å². The van der Waals surface area contributed by atoms with E-state index >= 15 is 0 Å². The molecule has 0 saturated heterocycles. The molecule has 3 nitrogen and oxygen atoms in total. The number of anilines is 1. The van der Waals surface area contributed by atoms with Crippen molar-refractivity contribution in [1.29, 1.82) is 0 Å². The summed E-state index contributed by atoms with van der Waals surface area (Å²) in [5, 5.41) is 5.90. The van der Waals surface area contributed by atoms with Crippen LogP contribution in [-0.4, -0.2) is 18.0 Å². The highest BCUT2D eigenvalue weighted by atomic mass is 35.5. The summed E-state index contributed by atoms with van der Waals surface area (Å²) in [5.41, 5.74) is 1.08. The van der Waals surface area contributed by atoms with Crippen molar-refractivity contribution in [1.82, 2.24) is 5.32 Å². The summed E-state index contributed by atoms with van der Waals surface area (Å²) in [6.07, 6.45) is 2.27. The monoisotopic (exact) mass is 272 g/mol. The molecular weight excluding hydrogens is 255 g/mol. The van der Waals surface area contributed by atoms with Crippen LogP contribution >= 0.6 is 12.4 Å². The number of halogens is 2. The minimum atomic E-state index is -0.300. The number of carbonyl (C=O) groups excluding carboxylic acids is 1. The van der Waals surface area contributed by atoms with E-state index in [1.807, 2.05) is 6.92 Å². The topological polar surface area (TPSA) is 41.1 Å². The molecule has 1 aliphatic carbocycles. The van der Waals surface area contributed by atoms with Gasteiger partial charge in [-0.3, -0.25) is 4.79 Å². The van der Waals surface area contributed by atoms with Crippen LogP contribution < -0.4 is 10.6 Å². The summed E-state index contributed by atoms with van der Waals surface area (Å²) in [4.78, 5) is 11.8. The second-order valence-electron chi connectivity index (χ2n) is 4.62. The van der Waals surface area contributed by atoms with Gasteiger partial charge in [-0.2, -0.15) is 0 Å². The lowest BCUT2D eigenvalue weighted by Crippen LogP contribution is -2.39. The van der Waals surface area contributed by atoms with E-state index in [0.717, 1.165) is 12.8 Å². The molecule has 0 aliphatic heterocycles. The molecule has 2 N–H and O–H groups in total. The zero-order valence-electron chi connectivity index (χ0n) is 10.5. The number of amides is 1. The minimum absolute atomic E-state index is 0. The van der Waals surface area contributed by atoms with Crippen molar-refractivity contribution in [2.75, 3.05) is 5.32 Å². The quantitative estimate of drug-likeness (QED) is 0.885. The highest BCUT2D eigenvalue weighted by Gasteiger charge is 2.25. The molecule has 0 radical (unpaired) electrons. The molecule has 1 aliphatic rings. The Hall–Kier alpha value is -1.13. The first-order valence-electron chi connectivity index (χ1n) is 5.89. The average molecular weight is 273 g/mol. The van der Waals surface area contributed by atoms with Gasteiger partial charge in [0.15, 0.2) is 0 Å². The average Bonchev–Trinajstić information content (AvgIpc) is 3.07. The van der Waals surface area contributed by atoms with Crippen molar-refractivity contribution < 1.29 is 9.18 Å². The molecule has 100 valence electrons. The van der Waals surface area contributed by atoms with Crippen molar-refractivity contribution in [3.63, 3.8) is 0 Å². The number of hydrogen-bond donors (Lipinski definition) is 2. The molecule has 2 rings (SSSR count). The molecule has 1 unspecified atom stereocenters. The Bertz CT molecular complexity index is 435. The highest BCUT2D eigenvalue weighted by molar-refractivity contribution is 5.94. The number of aryl methyl sites for hydroxylation is 1. The minimum Gasteiger partial charge on any atom is -0.325 e. The highest BCUT2D eigenvalue weighted by Crippen LogP contribution is 2.19. The summed E-state index contributed by atoms with van der Waals surface area (Å²) in [6, 6.07) is 4.94. The van der Waals surface area contributed by atoms with E-state index in [0.29, 0.717) is 17.3 Å². The van der Waals surface area contributed by atoms with Crippen LogP contribution in [0.3, 0.4) is 0 Å². The summed E-state index contributed by atoms with van der Waals surface area (Å²) in [7, 11) is 0. The normalized spacial score (nSPS) is 15.7. The predicted molar refractivity (Wildman–Crippen MR) is 72.6 cm³/mol. The van der Waals surface area contributed by atoms with Crippen molar-refractivity contribution >= 4 is 24.0 Å². The molecule has 0 aromatic heterocycles. The molecule has 0 heterocycles. The van der Waals surface area contributed by atoms with Crippen LogP contribution in [0.5, 0.6) is 0 Å². The van der Waals surface area contributed by atoms with Crippen molar-refractivity contribution in [2.24, 2.45) is 0 Å². The zero-order valence-corrected chi connectivity index (χ0v) is 11.3. The van der Waals surface area contributed by atoms with E-state index in [1.54, 1.807) is 19.1 Å². The fourth-order valence-electron chi connectivity index (χ4n) is 1.60. The fourth-order valence-corrected chi connectivity index (χ4v) is 1.60. The Morgan fingerprint density at radius 1 is 1.44 bits per heavy atom. The first kappa shape index (κ1) is 14.9. The van der Waals surface area contributed by atoms with Crippen LogP contribution in [0.25, 0.3) is 0 Å². The number of hydrogen-bond acceptors (Lipinski definition) is 2. The van der Waals surface area contributed by atoms with Crippen molar-refractivity contribution in [2.45, 2.75) is 38.8 Å². The first-order valence-corrected chi connectivity index (χ1v) is 5.89. The standard InChI is InChI=1S/C13H17FN2O.ClH/c1-8-3-4-11(7-12(8)14)16-13(17)9(2)15-10-5-6-10;/h3-4,7,9-10,15H,5-6H2,1-2H3,(H,16,17);1H. The van der Waals surface area contributed by atoms with E-state index in [2.05, 4.69) is 10.6 Å². The molecule has 1 aromatic rings. The summed E-state index contributed by atoms with van der Waals surface area (Å²) < 4.78 is 13.3. The maximum Gasteiger partial charge on any atom is 0.241 e. The number of nitrogens with one attached hydrogen (secondary N) is 2. The van der Waals surface area contributed by atoms with Gasteiger partial charge in [-0.1, -0.05) is 6.07 Å². The smallest absolute Gasteiger partial charge is 0.241 e. The van der Waals surface area contributed by atoms with Gasteiger partial charge in [0, 0.05) is 11.7 Å². The summed E-state index contributed by atoms with van der Waals surface area (Å²) in [5.74, 6) is -0.425. The molecule has 0 spiro atoms. The molecule has 18 heavy (non-hydrogen) atoms. The zero-order chi connectivity index (χ0) is 12.4. The van der Waals surface area contributed by atoms with Crippen LogP contribution in [0.1, 0.15) is 25.3 Å². The predicted octanol–water partition coefficient (Wildman–Crippen LogP) is 2.63. The van der Waals surface area contributed by atoms with Gasteiger partial charge in [0.1, 0.15) is 5.82 Å². The van der Waals surface area contributed by atoms with Crippen LogP contribution in [0.15, 0.2) is 18.2 Å². The molecule has 1 atom stereocenters. The van der Waals surface area contributed by atoms with E-state index in [4.69, 9.17) is 0 Å². The molecule has 1 fully saturated rings. The lowest BCUT2D eigenvalue weighted by atomic mass is 10.2. The third-order valence-corrected chi connectivity index (χ3v) is 2.90. The molecule has 1 saturated carbocycles.